The highest BCUT2D eigenvalue weighted by atomic mass is 32.1. The lowest BCUT2D eigenvalue weighted by Crippen LogP contribution is -2.35. The standard InChI is InChI=1S/C11H20N4S/c1-4-14-7-6-13-11(14)15(5-2)8-9(3)10(12)16/h6-7,9H,4-5,8H2,1-3H3,(H2,12,16). The number of anilines is 1. The maximum atomic E-state index is 5.64. The van der Waals surface area contributed by atoms with E-state index in [1.54, 1.807) is 0 Å². The zero-order valence-corrected chi connectivity index (χ0v) is 11.0. The molecule has 1 aromatic rings. The summed E-state index contributed by atoms with van der Waals surface area (Å²) < 4.78 is 2.12. The average molecular weight is 240 g/mol. The molecule has 0 amide bonds. The lowest BCUT2D eigenvalue weighted by Gasteiger charge is -2.25. The SMILES string of the molecule is CCN(CC(C)C(N)=S)c1nccn1CC. The van der Waals surface area contributed by atoms with Gasteiger partial charge >= 0.3 is 0 Å². The minimum Gasteiger partial charge on any atom is -0.393 e. The van der Waals surface area contributed by atoms with Gasteiger partial charge in [0.25, 0.3) is 0 Å². The summed E-state index contributed by atoms with van der Waals surface area (Å²) in [5.74, 6) is 1.20. The molecule has 1 rings (SSSR count). The van der Waals surface area contributed by atoms with Gasteiger partial charge in [-0.25, -0.2) is 4.98 Å². The number of aromatic nitrogens is 2. The van der Waals surface area contributed by atoms with Crippen LogP contribution in [0.3, 0.4) is 0 Å². The Bertz CT molecular complexity index is 348. The van der Waals surface area contributed by atoms with Crippen LogP contribution in [0.1, 0.15) is 20.8 Å². The predicted octanol–water partition coefficient (Wildman–Crippen LogP) is 1.65. The summed E-state index contributed by atoms with van der Waals surface area (Å²) in [6.07, 6.45) is 3.82. The van der Waals surface area contributed by atoms with Crippen molar-refractivity contribution in [3.63, 3.8) is 0 Å². The van der Waals surface area contributed by atoms with Crippen molar-refractivity contribution in [3.05, 3.63) is 12.4 Å². The van der Waals surface area contributed by atoms with Crippen LogP contribution in [0, 0.1) is 5.92 Å². The maximum Gasteiger partial charge on any atom is 0.205 e. The monoisotopic (exact) mass is 240 g/mol. The van der Waals surface area contributed by atoms with Gasteiger partial charge in [-0.05, 0) is 13.8 Å². The van der Waals surface area contributed by atoms with E-state index in [0.29, 0.717) is 4.99 Å². The van der Waals surface area contributed by atoms with Gasteiger partial charge in [0.05, 0.1) is 4.99 Å². The molecular formula is C11H20N4S. The van der Waals surface area contributed by atoms with E-state index in [2.05, 4.69) is 28.3 Å². The molecule has 0 bridgehead atoms. The first-order chi connectivity index (χ1) is 7.60. The lowest BCUT2D eigenvalue weighted by molar-refractivity contribution is 0.655. The molecule has 4 nitrogen and oxygen atoms in total. The highest BCUT2D eigenvalue weighted by Gasteiger charge is 2.14. The number of aryl methyl sites for hydroxylation is 1. The van der Waals surface area contributed by atoms with Crippen molar-refractivity contribution in [3.8, 4) is 0 Å². The first-order valence-electron chi connectivity index (χ1n) is 5.65. The molecule has 1 atom stereocenters. The number of hydrogen-bond acceptors (Lipinski definition) is 3. The Morgan fingerprint density at radius 1 is 1.62 bits per heavy atom. The average Bonchev–Trinajstić information content (AvgIpc) is 2.73. The molecule has 16 heavy (non-hydrogen) atoms. The van der Waals surface area contributed by atoms with Crippen LogP contribution in [-0.4, -0.2) is 27.6 Å². The molecule has 0 radical (unpaired) electrons. The normalized spacial score (nSPS) is 12.4. The molecule has 1 heterocycles. The summed E-state index contributed by atoms with van der Waals surface area (Å²) in [7, 11) is 0. The van der Waals surface area contributed by atoms with E-state index in [4.69, 9.17) is 18.0 Å². The van der Waals surface area contributed by atoms with E-state index >= 15 is 0 Å². The van der Waals surface area contributed by atoms with Crippen molar-refractivity contribution in [1.29, 1.82) is 0 Å². The van der Waals surface area contributed by atoms with Crippen LogP contribution in [0.25, 0.3) is 0 Å². The number of thiocarbonyl (C=S) groups is 1. The van der Waals surface area contributed by atoms with Gasteiger partial charge < -0.3 is 15.2 Å². The second kappa shape index (κ2) is 5.84. The molecule has 0 saturated heterocycles. The van der Waals surface area contributed by atoms with E-state index in [-0.39, 0.29) is 5.92 Å². The number of rotatable bonds is 6. The van der Waals surface area contributed by atoms with Gasteiger partial charge in [-0.3, -0.25) is 0 Å². The predicted molar refractivity (Wildman–Crippen MR) is 71.7 cm³/mol. The molecule has 90 valence electrons. The van der Waals surface area contributed by atoms with Crippen LogP contribution >= 0.6 is 12.2 Å². The largest absolute Gasteiger partial charge is 0.393 e. The molecule has 0 saturated carbocycles. The number of hydrogen-bond donors (Lipinski definition) is 1. The minimum absolute atomic E-state index is 0.206. The quantitative estimate of drug-likeness (QED) is 0.768. The van der Waals surface area contributed by atoms with Gasteiger partial charge in [0.1, 0.15) is 0 Å². The van der Waals surface area contributed by atoms with Gasteiger partial charge in [-0.2, -0.15) is 0 Å². The molecule has 0 aliphatic carbocycles. The maximum absolute atomic E-state index is 5.64. The van der Waals surface area contributed by atoms with Gasteiger partial charge in [-0.1, -0.05) is 19.1 Å². The summed E-state index contributed by atoms with van der Waals surface area (Å²) in [6.45, 7) is 8.92. The third kappa shape index (κ3) is 2.95. The van der Waals surface area contributed by atoms with Gasteiger partial charge in [0.2, 0.25) is 5.95 Å². The smallest absolute Gasteiger partial charge is 0.205 e. The summed E-state index contributed by atoms with van der Waals surface area (Å²) >= 11 is 5.00. The number of imidazole rings is 1. The van der Waals surface area contributed by atoms with Crippen LogP contribution in [0.2, 0.25) is 0 Å². The Kier molecular flexibility index (Phi) is 4.73. The Morgan fingerprint density at radius 3 is 2.81 bits per heavy atom. The Morgan fingerprint density at radius 2 is 2.31 bits per heavy atom. The van der Waals surface area contributed by atoms with Crippen molar-refractivity contribution in [1.82, 2.24) is 9.55 Å². The number of nitrogens with two attached hydrogens (primary N) is 1. The topological polar surface area (TPSA) is 47.1 Å². The van der Waals surface area contributed by atoms with Crippen molar-refractivity contribution < 1.29 is 0 Å². The van der Waals surface area contributed by atoms with E-state index in [1.165, 1.54) is 0 Å². The van der Waals surface area contributed by atoms with Crippen molar-refractivity contribution in [2.24, 2.45) is 11.7 Å². The molecule has 1 unspecified atom stereocenters. The van der Waals surface area contributed by atoms with Gasteiger partial charge in [0.15, 0.2) is 0 Å². The lowest BCUT2D eigenvalue weighted by atomic mass is 10.2. The van der Waals surface area contributed by atoms with Gasteiger partial charge in [-0.15, -0.1) is 0 Å². The Labute approximate surface area is 102 Å². The molecule has 0 fully saturated rings. The van der Waals surface area contributed by atoms with Crippen molar-refractivity contribution >= 4 is 23.2 Å². The Balaban J connectivity index is 2.78. The summed E-state index contributed by atoms with van der Waals surface area (Å²) in [4.78, 5) is 7.14. The van der Waals surface area contributed by atoms with Crippen LogP contribution in [-0.2, 0) is 6.54 Å². The third-order valence-electron chi connectivity index (χ3n) is 2.68. The van der Waals surface area contributed by atoms with Crippen LogP contribution in [0.4, 0.5) is 5.95 Å². The molecule has 0 aliphatic rings. The molecule has 0 aliphatic heterocycles. The fraction of sp³-hybridized carbons (Fsp3) is 0.636. The Hall–Kier alpha value is -1.10. The van der Waals surface area contributed by atoms with E-state index in [1.807, 2.05) is 19.3 Å². The van der Waals surface area contributed by atoms with E-state index in [9.17, 15) is 0 Å². The summed E-state index contributed by atoms with van der Waals surface area (Å²) in [6, 6.07) is 0. The molecule has 5 heteroatoms. The third-order valence-corrected chi connectivity index (χ3v) is 3.08. The first-order valence-corrected chi connectivity index (χ1v) is 6.06. The van der Waals surface area contributed by atoms with Crippen molar-refractivity contribution in [2.75, 3.05) is 18.0 Å². The second-order valence-corrected chi connectivity index (χ2v) is 4.33. The minimum atomic E-state index is 0.206. The molecule has 0 spiro atoms. The van der Waals surface area contributed by atoms with E-state index < -0.39 is 0 Å². The summed E-state index contributed by atoms with van der Waals surface area (Å²) in [5.41, 5.74) is 5.64. The molecule has 2 N–H and O–H groups in total. The zero-order chi connectivity index (χ0) is 12.1. The molecule has 1 aromatic heterocycles. The highest BCUT2D eigenvalue weighted by Crippen LogP contribution is 2.13. The highest BCUT2D eigenvalue weighted by molar-refractivity contribution is 7.80. The van der Waals surface area contributed by atoms with Crippen LogP contribution < -0.4 is 10.6 Å². The fourth-order valence-electron chi connectivity index (χ4n) is 1.60. The van der Waals surface area contributed by atoms with Crippen LogP contribution in [0.5, 0.6) is 0 Å². The van der Waals surface area contributed by atoms with Crippen LogP contribution in [0.15, 0.2) is 12.4 Å². The van der Waals surface area contributed by atoms with Gasteiger partial charge in [0, 0.05) is 37.9 Å². The molecule has 0 aromatic carbocycles. The summed E-state index contributed by atoms with van der Waals surface area (Å²) in [5, 5.41) is 0. The zero-order valence-electron chi connectivity index (χ0n) is 10.2. The van der Waals surface area contributed by atoms with E-state index in [0.717, 1.165) is 25.6 Å². The van der Waals surface area contributed by atoms with Crippen molar-refractivity contribution in [2.45, 2.75) is 27.3 Å². The molecular weight excluding hydrogens is 220 g/mol. The first kappa shape index (κ1) is 13.0. The fourth-order valence-corrected chi connectivity index (χ4v) is 1.68. The second-order valence-electron chi connectivity index (χ2n) is 3.86. The number of nitrogens with zero attached hydrogens (tertiary/aromatic N) is 3.